The summed E-state index contributed by atoms with van der Waals surface area (Å²) in [6.07, 6.45) is 0. The van der Waals surface area contributed by atoms with Crippen LogP contribution < -0.4 is 4.74 Å². The van der Waals surface area contributed by atoms with Gasteiger partial charge in [-0.15, -0.1) is 0 Å². The number of para-hydroxylation sites is 1. The molecule has 0 saturated heterocycles. The highest BCUT2D eigenvalue weighted by Gasteiger charge is 2.53. The Morgan fingerprint density at radius 2 is 0.780 bits per heavy atom. The largest absolute Gasteiger partial charge is 0.456 e. The first-order chi connectivity index (χ1) is 29.3. The van der Waals surface area contributed by atoms with Gasteiger partial charge in [-0.25, -0.2) is 0 Å². The van der Waals surface area contributed by atoms with Crippen molar-refractivity contribution in [3.63, 3.8) is 0 Å². The molecule has 0 amide bonds. The fourth-order valence-electron chi connectivity index (χ4n) is 12.0. The molecule has 0 saturated carbocycles. The van der Waals surface area contributed by atoms with E-state index in [9.17, 15) is 0 Å². The molecule has 10 aromatic rings. The quantitative estimate of drug-likeness (QED) is 0.163. The smallest absolute Gasteiger partial charge is 0.140 e. The third-order valence-corrected chi connectivity index (χ3v) is 14.1. The summed E-state index contributed by atoms with van der Waals surface area (Å²) < 4.78 is 7.08. The van der Waals surface area contributed by atoms with Gasteiger partial charge in [0.1, 0.15) is 11.5 Å². The molecule has 59 heavy (non-hydrogen) atoms. The minimum absolute atomic E-state index is 0.419. The number of ether oxygens (including phenoxy) is 1. The fourth-order valence-corrected chi connectivity index (χ4v) is 12.0. The summed E-state index contributed by atoms with van der Waals surface area (Å²) in [5, 5.41) is 4.89. The Morgan fingerprint density at radius 1 is 0.288 bits per heavy atom. The van der Waals surface area contributed by atoms with E-state index in [1.807, 2.05) is 0 Å². The molecule has 0 fully saturated rings. The van der Waals surface area contributed by atoms with Crippen LogP contribution in [-0.4, -0.2) is 0 Å². The lowest BCUT2D eigenvalue weighted by Crippen LogP contribution is -2.32. The third kappa shape index (κ3) is 3.69. The van der Waals surface area contributed by atoms with Crippen molar-refractivity contribution in [1.82, 2.24) is 0 Å². The summed E-state index contributed by atoms with van der Waals surface area (Å²) in [5.74, 6) is 1.85. The maximum atomic E-state index is 7.08. The van der Waals surface area contributed by atoms with Gasteiger partial charge in [-0.05, 0) is 112 Å². The minimum Gasteiger partial charge on any atom is -0.456 e. The second-order valence-electron chi connectivity index (χ2n) is 16.6. The zero-order chi connectivity index (χ0) is 38.5. The Bertz CT molecular complexity index is 3450. The lowest BCUT2D eigenvalue weighted by molar-refractivity contribution is 0.442. The molecule has 10 aromatic carbocycles. The van der Waals surface area contributed by atoms with Crippen molar-refractivity contribution in [2.75, 3.05) is 0 Å². The Balaban J connectivity index is 1.07. The van der Waals surface area contributed by atoms with Crippen LogP contribution in [-0.2, 0) is 10.8 Å². The van der Waals surface area contributed by atoms with Gasteiger partial charge in [0.25, 0.3) is 0 Å². The highest BCUT2D eigenvalue weighted by Crippen LogP contribution is 2.66. The molecule has 1 heteroatoms. The molecule has 0 N–H and O–H groups in total. The Kier molecular flexibility index (Phi) is 5.96. The first kappa shape index (κ1) is 31.6. The van der Waals surface area contributed by atoms with Gasteiger partial charge in [-0.1, -0.05) is 188 Å². The Labute approximate surface area is 342 Å². The molecule has 14 rings (SSSR count). The van der Waals surface area contributed by atoms with E-state index in [2.05, 4.69) is 206 Å². The van der Waals surface area contributed by atoms with E-state index in [0.717, 1.165) is 16.9 Å². The van der Waals surface area contributed by atoms with Crippen molar-refractivity contribution in [2.24, 2.45) is 0 Å². The average molecular weight is 747 g/mol. The fraction of sp³-hybridized carbons (Fsp3) is 0.0345. The second kappa shape index (κ2) is 11.1. The van der Waals surface area contributed by atoms with E-state index in [1.165, 1.54) is 105 Å². The Hall–Kier alpha value is -7.48. The van der Waals surface area contributed by atoms with Gasteiger partial charge in [0, 0.05) is 16.5 Å². The molecule has 0 bridgehead atoms. The number of benzene rings is 10. The number of hydrogen-bond donors (Lipinski definition) is 0. The van der Waals surface area contributed by atoms with Crippen LogP contribution in [0, 0.1) is 0 Å². The monoisotopic (exact) mass is 746 g/mol. The van der Waals surface area contributed by atoms with E-state index in [0.29, 0.717) is 0 Å². The molecular formula is C58H34O. The third-order valence-electron chi connectivity index (χ3n) is 14.1. The van der Waals surface area contributed by atoms with Crippen LogP contribution in [0.1, 0.15) is 44.5 Å². The van der Waals surface area contributed by atoms with Crippen LogP contribution in [0.2, 0.25) is 0 Å². The molecule has 1 heterocycles. The molecule has 4 aliphatic rings. The SMILES string of the molecule is c1ccc2c(c1)Oc1c(cc(-c3ccc4c(c3)-c3ccccc3C43c4ccccc4-c4c3ccc3ccccc43)c3ccccc13)C21c2ccccc2-c2ccccc21. The van der Waals surface area contributed by atoms with Crippen LogP contribution >= 0.6 is 0 Å². The summed E-state index contributed by atoms with van der Waals surface area (Å²) in [7, 11) is 0. The van der Waals surface area contributed by atoms with Crippen molar-refractivity contribution in [3.8, 4) is 56.0 Å². The summed E-state index contributed by atoms with van der Waals surface area (Å²) in [5.41, 5.74) is 19.7. The zero-order valence-electron chi connectivity index (χ0n) is 32.0. The standard InChI is InChI=1S/C58H34O/c1-2-16-37-35(15-1)29-32-52-55(37)43-22-8-12-26-49(43)57(52)48-25-11-7-20-41(48)45-33-36(30-31-50(45)57)44-34-53-56(42-21-4-3-17-38(42)44)59-54-28-14-13-27-51(54)58(53)46-23-9-5-18-39(46)40-19-6-10-24-47(40)58/h1-34H. The highest BCUT2D eigenvalue weighted by atomic mass is 16.5. The topological polar surface area (TPSA) is 9.23 Å². The van der Waals surface area contributed by atoms with Gasteiger partial charge in [0.15, 0.2) is 0 Å². The van der Waals surface area contributed by atoms with Crippen LogP contribution in [0.3, 0.4) is 0 Å². The van der Waals surface area contributed by atoms with Crippen LogP contribution in [0.4, 0.5) is 0 Å². The first-order valence-corrected chi connectivity index (χ1v) is 20.7. The van der Waals surface area contributed by atoms with Gasteiger partial charge in [0.2, 0.25) is 0 Å². The van der Waals surface area contributed by atoms with E-state index < -0.39 is 10.8 Å². The van der Waals surface area contributed by atoms with E-state index in [1.54, 1.807) is 0 Å². The summed E-state index contributed by atoms with van der Waals surface area (Å²) in [4.78, 5) is 0. The van der Waals surface area contributed by atoms with Crippen molar-refractivity contribution in [3.05, 3.63) is 251 Å². The maximum Gasteiger partial charge on any atom is 0.140 e. The highest BCUT2D eigenvalue weighted by molar-refractivity contribution is 6.08. The van der Waals surface area contributed by atoms with Gasteiger partial charge in [-0.2, -0.15) is 0 Å². The van der Waals surface area contributed by atoms with Gasteiger partial charge < -0.3 is 4.74 Å². The van der Waals surface area contributed by atoms with Crippen molar-refractivity contribution in [2.45, 2.75) is 10.8 Å². The number of fused-ring (bicyclic) bond motifs is 23. The lowest BCUT2D eigenvalue weighted by Gasteiger charge is -2.40. The van der Waals surface area contributed by atoms with Crippen molar-refractivity contribution >= 4 is 21.5 Å². The molecular weight excluding hydrogens is 713 g/mol. The molecule has 1 unspecified atom stereocenters. The van der Waals surface area contributed by atoms with Crippen LogP contribution in [0.25, 0.3) is 66.1 Å². The molecule has 1 atom stereocenters. The van der Waals surface area contributed by atoms with Crippen LogP contribution in [0.15, 0.2) is 206 Å². The molecule has 3 aliphatic carbocycles. The normalized spacial score (nSPS) is 16.5. The minimum atomic E-state index is -0.552. The second-order valence-corrected chi connectivity index (χ2v) is 16.6. The number of hydrogen-bond acceptors (Lipinski definition) is 1. The maximum absolute atomic E-state index is 7.08. The van der Waals surface area contributed by atoms with E-state index in [4.69, 9.17) is 4.74 Å². The molecule has 1 nitrogen and oxygen atoms in total. The summed E-state index contributed by atoms with van der Waals surface area (Å²) >= 11 is 0. The van der Waals surface area contributed by atoms with E-state index >= 15 is 0 Å². The lowest BCUT2D eigenvalue weighted by atomic mass is 9.65. The average Bonchev–Trinajstić information content (AvgIpc) is 3.89. The van der Waals surface area contributed by atoms with Gasteiger partial charge in [-0.3, -0.25) is 0 Å². The molecule has 272 valence electrons. The van der Waals surface area contributed by atoms with Crippen LogP contribution in [0.5, 0.6) is 11.5 Å². The predicted octanol–water partition coefficient (Wildman–Crippen LogP) is 14.5. The summed E-state index contributed by atoms with van der Waals surface area (Å²) in [6.45, 7) is 0. The summed E-state index contributed by atoms with van der Waals surface area (Å²) in [6, 6.07) is 77.2. The van der Waals surface area contributed by atoms with Crippen molar-refractivity contribution in [1.29, 1.82) is 0 Å². The first-order valence-electron chi connectivity index (χ1n) is 20.7. The van der Waals surface area contributed by atoms with Gasteiger partial charge >= 0.3 is 0 Å². The van der Waals surface area contributed by atoms with Gasteiger partial charge in [0.05, 0.1) is 10.8 Å². The molecule has 1 aliphatic heterocycles. The van der Waals surface area contributed by atoms with E-state index in [-0.39, 0.29) is 0 Å². The van der Waals surface area contributed by atoms with Crippen molar-refractivity contribution < 1.29 is 4.74 Å². The zero-order valence-corrected chi connectivity index (χ0v) is 32.0. The molecule has 0 radical (unpaired) electrons. The number of rotatable bonds is 1. The Morgan fingerprint density at radius 3 is 1.49 bits per heavy atom. The predicted molar refractivity (Wildman–Crippen MR) is 241 cm³/mol. The molecule has 2 spiro atoms. The molecule has 0 aromatic heterocycles.